The fraction of sp³-hybridized carbons (Fsp3) is 0.385. The molecular weight excluding hydrogens is 407 g/mol. The summed E-state index contributed by atoms with van der Waals surface area (Å²) in [6.07, 6.45) is 3.29. The quantitative estimate of drug-likeness (QED) is 0.513. The van der Waals surface area contributed by atoms with Gasteiger partial charge in [0.25, 0.3) is 5.91 Å². The molecule has 1 fully saturated rings. The van der Waals surface area contributed by atoms with Crippen LogP contribution in [-0.2, 0) is 11.4 Å². The summed E-state index contributed by atoms with van der Waals surface area (Å²) in [6.45, 7) is 6.31. The molecule has 5 nitrogen and oxygen atoms in total. The van der Waals surface area contributed by atoms with Crippen molar-refractivity contribution in [3.05, 3.63) is 71.4 Å². The van der Waals surface area contributed by atoms with Crippen LogP contribution in [0.15, 0.2) is 54.7 Å². The first-order valence-corrected chi connectivity index (χ1v) is 11.0. The van der Waals surface area contributed by atoms with E-state index in [0.717, 1.165) is 29.3 Å². The molecule has 0 aliphatic carbocycles. The Bertz CT molecular complexity index is 1120. The number of piperidine rings is 1. The highest BCUT2D eigenvalue weighted by molar-refractivity contribution is 6.03. The number of fused-ring (bicyclic) bond motifs is 1. The zero-order chi connectivity index (χ0) is 22.9. The van der Waals surface area contributed by atoms with Crippen LogP contribution in [-0.4, -0.2) is 40.2 Å². The number of nitrogens with zero attached hydrogens (tertiary/aromatic N) is 2. The first kappa shape index (κ1) is 22.1. The van der Waals surface area contributed by atoms with Gasteiger partial charge in [0.2, 0.25) is 0 Å². The molecule has 0 N–H and O–H groups in total. The van der Waals surface area contributed by atoms with Gasteiger partial charge in [0.1, 0.15) is 12.3 Å². The van der Waals surface area contributed by atoms with Crippen molar-refractivity contribution in [1.29, 1.82) is 0 Å². The predicted molar refractivity (Wildman–Crippen MR) is 123 cm³/mol. The topological polar surface area (TPSA) is 51.5 Å². The number of likely N-dealkylation sites (tertiary alicyclic amines) is 1. The Morgan fingerprint density at radius 2 is 1.69 bits per heavy atom. The summed E-state index contributed by atoms with van der Waals surface area (Å²) >= 11 is 0. The van der Waals surface area contributed by atoms with E-state index in [2.05, 4.69) is 0 Å². The summed E-state index contributed by atoms with van der Waals surface area (Å²) in [4.78, 5) is 27.4. The molecule has 2 aromatic carbocycles. The maximum atomic E-state index is 13.2. The number of ether oxygens (including phenoxy) is 1. The number of halogens is 1. The molecule has 0 saturated carbocycles. The molecule has 0 spiro atoms. The van der Waals surface area contributed by atoms with Gasteiger partial charge in [-0.2, -0.15) is 0 Å². The molecule has 1 aliphatic rings. The Kier molecular flexibility index (Phi) is 6.04. The maximum Gasteiger partial charge on any atom is 0.410 e. The summed E-state index contributed by atoms with van der Waals surface area (Å²) in [7, 11) is 0. The second-order valence-electron chi connectivity index (χ2n) is 9.35. The number of hydrogen-bond acceptors (Lipinski definition) is 3. The number of rotatable bonds is 3. The summed E-state index contributed by atoms with van der Waals surface area (Å²) in [5, 5.41) is 1.05. The zero-order valence-corrected chi connectivity index (χ0v) is 18.8. The van der Waals surface area contributed by atoms with E-state index in [1.165, 1.54) is 0 Å². The number of carbonyl (C=O) groups excluding carboxylic acids is 2. The third-order valence-corrected chi connectivity index (χ3v) is 5.90. The molecule has 32 heavy (non-hydrogen) atoms. The fourth-order valence-corrected chi connectivity index (χ4v) is 4.27. The van der Waals surface area contributed by atoms with Gasteiger partial charge in [-0.1, -0.05) is 30.3 Å². The van der Waals surface area contributed by atoms with Crippen LogP contribution in [0.4, 0.5) is 9.18 Å². The molecule has 168 valence electrons. The average Bonchev–Trinajstić information content (AvgIpc) is 3.17. The van der Waals surface area contributed by atoms with Crippen LogP contribution in [0.1, 0.15) is 61.0 Å². The number of hydrogen-bond donors (Lipinski definition) is 0. The molecule has 3 aromatic rings. The maximum absolute atomic E-state index is 13.2. The minimum Gasteiger partial charge on any atom is -0.444 e. The van der Waals surface area contributed by atoms with Crippen LogP contribution in [0.25, 0.3) is 10.9 Å². The van der Waals surface area contributed by atoms with Crippen molar-refractivity contribution < 1.29 is 18.7 Å². The normalized spacial score (nSPS) is 15.2. The second-order valence-corrected chi connectivity index (χ2v) is 9.35. The highest BCUT2D eigenvalue weighted by Crippen LogP contribution is 2.35. The Hall–Kier alpha value is -3.15. The average molecular weight is 437 g/mol. The number of para-hydroxylation sites is 1. The van der Waals surface area contributed by atoms with E-state index < -0.39 is 12.3 Å². The molecule has 0 atom stereocenters. The van der Waals surface area contributed by atoms with Crippen molar-refractivity contribution in [3.63, 3.8) is 0 Å². The summed E-state index contributed by atoms with van der Waals surface area (Å²) in [5.41, 5.74) is 2.55. The number of aromatic nitrogens is 1. The molecule has 1 saturated heterocycles. The van der Waals surface area contributed by atoms with Crippen LogP contribution in [0, 0.1) is 0 Å². The molecule has 0 bridgehead atoms. The third-order valence-electron chi connectivity index (χ3n) is 5.90. The van der Waals surface area contributed by atoms with Crippen molar-refractivity contribution in [1.82, 2.24) is 9.47 Å². The van der Waals surface area contributed by atoms with Crippen LogP contribution in [0.2, 0.25) is 0 Å². The van der Waals surface area contributed by atoms with Crippen molar-refractivity contribution in [2.75, 3.05) is 13.1 Å². The SMILES string of the molecule is CC(C)(C)OC(=O)N1CCC(c2cn(C(=O)c3ccc(CF)cc3)c3ccccc23)CC1. The highest BCUT2D eigenvalue weighted by Gasteiger charge is 2.29. The van der Waals surface area contributed by atoms with Crippen LogP contribution < -0.4 is 0 Å². The Morgan fingerprint density at radius 1 is 1.03 bits per heavy atom. The largest absolute Gasteiger partial charge is 0.444 e. The number of carbonyl (C=O) groups is 2. The van der Waals surface area contributed by atoms with Crippen LogP contribution >= 0.6 is 0 Å². The molecule has 1 amide bonds. The lowest BCUT2D eigenvalue weighted by Gasteiger charge is -2.33. The smallest absolute Gasteiger partial charge is 0.410 e. The number of amides is 1. The highest BCUT2D eigenvalue weighted by atomic mass is 19.1. The monoisotopic (exact) mass is 436 g/mol. The Morgan fingerprint density at radius 3 is 2.31 bits per heavy atom. The number of benzene rings is 2. The molecule has 2 heterocycles. The molecule has 6 heteroatoms. The summed E-state index contributed by atoms with van der Waals surface area (Å²) in [6, 6.07) is 14.5. The minimum absolute atomic E-state index is 0.135. The van der Waals surface area contributed by atoms with E-state index in [1.54, 1.807) is 33.7 Å². The molecule has 1 aromatic heterocycles. The van der Waals surface area contributed by atoms with Gasteiger partial charge in [-0.15, -0.1) is 0 Å². The van der Waals surface area contributed by atoms with E-state index in [1.807, 2.05) is 51.2 Å². The van der Waals surface area contributed by atoms with E-state index in [0.29, 0.717) is 24.2 Å². The third kappa shape index (κ3) is 4.54. The van der Waals surface area contributed by atoms with Gasteiger partial charge in [-0.3, -0.25) is 9.36 Å². The van der Waals surface area contributed by atoms with Crippen molar-refractivity contribution in [2.24, 2.45) is 0 Å². The molecular formula is C26H29FN2O3. The molecule has 0 radical (unpaired) electrons. The van der Waals surface area contributed by atoms with Crippen molar-refractivity contribution in [3.8, 4) is 0 Å². The van der Waals surface area contributed by atoms with E-state index in [4.69, 9.17) is 4.74 Å². The van der Waals surface area contributed by atoms with Gasteiger partial charge in [0.15, 0.2) is 0 Å². The van der Waals surface area contributed by atoms with Crippen LogP contribution in [0.5, 0.6) is 0 Å². The second kappa shape index (κ2) is 8.77. The minimum atomic E-state index is -0.549. The van der Waals surface area contributed by atoms with Gasteiger partial charge < -0.3 is 9.64 Å². The Balaban J connectivity index is 1.57. The first-order chi connectivity index (χ1) is 15.3. The predicted octanol–water partition coefficient (Wildman–Crippen LogP) is 5.91. The molecule has 0 unspecified atom stereocenters. The van der Waals surface area contributed by atoms with E-state index >= 15 is 0 Å². The lowest BCUT2D eigenvalue weighted by molar-refractivity contribution is 0.0205. The summed E-state index contributed by atoms with van der Waals surface area (Å²) in [5.74, 6) is 0.116. The molecule has 4 rings (SSSR count). The van der Waals surface area contributed by atoms with Gasteiger partial charge >= 0.3 is 6.09 Å². The van der Waals surface area contributed by atoms with Gasteiger partial charge in [-0.05, 0) is 68.9 Å². The first-order valence-electron chi connectivity index (χ1n) is 11.0. The van der Waals surface area contributed by atoms with Crippen molar-refractivity contribution in [2.45, 2.75) is 51.8 Å². The lowest BCUT2D eigenvalue weighted by atomic mass is 9.89. The van der Waals surface area contributed by atoms with Crippen molar-refractivity contribution >= 4 is 22.9 Å². The summed E-state index contributed by atoms with van der Waals surface area (Å²) < 4.78 is 20.0. The molecule has 1 aliphatic heterocycles. The van der Waals surface area contributed by atoms with E-state index in [9.17, 15) is 14.0 Å². The van der Waals surface area contributed by atoms with Gasteiger partial charge in [-0.25, -0.2) is 9.18 Å². The fourth-order valence-electron chi connectivity index (χ4n) is 4.27. The van der Waals surface area contributed by atoms with Gasteiger partial charge in [0, 0.05) is 30.2 Å². The lowest BCUT2D eigenvalue weighted by Crippen LogP contribution is -2.41. The standard InChI is InChI=1S/C26H29FN2O3/c1-26(2,3)32-25(31)28-14-12-19(13-15-28)22-17-29(23-7-5-4-6-21(22)23)24(30)20-10-8-18(16-27)9-11-20/h4-11,17,19H,12-16H2,1-3H3. The van der Waals surface area contributed by atoms with E-state index in [-0.39, 0.29) is 17.9 Å². The van der Waals surface area contributed by atoms with Gasteiger partial charge in [0.05, 0.1) is 5.52 Å². The Labute approximate surface area is 187 Å². The van der Waals surface area contributed by atoms with Crippen LogP contribution in [0.3, 0.4) is 0 Å². The number of alkyl halides is 1. The zero-order valence-electron chi connectivity index (χ0n) is 18.8.